The summed E-state index contributed by atoms with van der Waals surface area (Å²) in [5, 5.41) is 9.67. The average molecular weight is 280 g/mol. The monoisotopic (exact) mass is 280 g/mol. The van der Waals surface area contributed by atoms with Crippen molar-refractivity contribution in [2.75, 3.05) is 0 Å². The first-order valence-electron chi connectivity index (χ1n) is 6.01. The third-order valence-electron chi connectivity index (χ3n) is 2.77. The molecule has 1 atom stereocenters. The van der Waals surface area contributed by atoms with Gasteiger partial charge in [-0.2, -0.15) is 0 Å². The van der Waals surface area contributed by atoms with Gasteiger partial charge in [0, 0.05) is 4.90 Å². The lowest BCUT2D eigenvalue weighted by atomic mass is 10.1. The highest BCUT2D eigenvalue weighted by Gasteiger charge is 2.08. The molecule has 0 spiro atoms. The molecule has 0 unspecified atom stereocenters. The van der Waals surface area contributed by atoms with Crippen LogP contribution in [-0.4, -0.2) is 5.11 Å². The largest absolute Gasteiger partial charge is 0.388 e. The van der Waals surface area contributed by atoms with Crippen LogP contribution in [-0.2, 0) is 0 Å². The topological polar surface area (TPSA) is 20.2 Å². The molecule has 2 aromatic carbocycles. The molecule has 1 N–H and O–H groups in total. The van der Waals surface area contributed by atoms with E-state index in [0.717, 1.165) is 34.4 Å². The molecule has 100 valence electrons. The number of aliphatic hydroxyl groups is 1. The Bertz CT molecular complexity index is 555. The molecule has 0 aliphatic heterocycles. The van der Waals surface area contributed by atoms with Crippen molar-refractivity contribution in [2.45, 2.75) is 29.2 Å². The van der Waals surface area contributed by atoms with Crippen molar-refractivity contribution in [3.05, 3.63) is 59.7 Å². The summed E-state index contributed by atoms with van der Waals surface area (Å²) >= 11 is 1.16. The van der Waals surface area contributed by atoms with Gasteiger partial charge in [-0.1, -0.05) is 30.8 Å². The van der Waals surface area contributed by atoms with Crippen LogP contribution < -0.4 is 0 Å². The van der Waals surface area contributed by atoms with E-state index in [1.807, 2.05) is 6.92 Å². The minimum Gasteiger partial charge on any atom is -0.388 e. The smallest absolute Gasteiger partial charge is 0.137 e. The molecule has 0 fully saturated rings. The molecule has 19 heavy (non-hydrogen) atoms. The summed E-state index contributed by atoms with van der Waals surface area (Å²) in [5.74, 6) is -0.897. The van der Waals surface area contributed by atoms with E-state index in [4.69, 9.17) is 0 Å². The molecule has 0 bridgehead atoms. The Balaban J connectivity index is 2.17. The zero-order chi connectivity index (χ0) is 13.8. The summed E-state index contributed by atoms with van der Waals surface area (Å²) < 4.78 is 26.5. The molecule has 0 heterocycles. The fourth-order valence-corrected chi connectivity index (χ4v) is 2.54. The maximum atomic E-state index is 13.5. The van der Waals surface area contributed by atoms with Crippen molar-refractivity contribution in [1.29, 1.82) is 0 Å². The van der Waals surface area contributed by atoms with Crippen LogP contribution in [0.4, 0.5) is 8.78 Å². The number of aliphatic hydroxyl groups excluding tert-OH is 1. The van der Waals surface area contributed by atoms with Crippen molar-refractivity contribution >= 4 is 11.8 Å². The molecule has 0 aliphatic rings. The normalized spacial score (nSPS) is 12.4. The minimum atomic E-state index is -0.482. The van der Waals surface area contributed by atoms with Gasteiger partial charge in [-0.05, 0) is 42.3 Å². The summed E-state index contributed by atoms with van der Waals surface area (Å²) in [6.07, 6.45) is 0.162. The van der Waals surface area contributed by atoms with Gasteiger partial charge in [-0.3, -0.25) is 0 Å². The molecule has 4 heteroatoms. The van der Waals surface area contributed by atoms with Crippen LogP contribution >= 0.6 is 11.8 Å². The van der Waals surface area contributed by atoms with Gasteiger partial charge in [0.2, 0.25) is 0 Å². The van der Waals surface area contributed by atoms with Gasteiger partial charge in [0.25, 0.3) is 0 Å². The van der Waals surface area contributed by atoms with Gasteiger partial charge in [-0.25, -0.2) is 8.78 Å². The number of benzene rings is 2. The highest BCUT2D eigenvalue weighted by Crippen LogP contribution is 2.31. The lowest BCUT2D eigenvalue weighted by molar-refractivity contribution is 0.173. The molecule has 0 aromatic heterocycles. The molecule has 1 nitrogen and oxygen atoms in total. The third kappa shape index (κ3) is 3.55. The van der Waals surface area contributed by atoms with E-state index in [-0.39, 0.29) is 4.90 Å². The van der Waals surface area contributed by atoms with E-state index in [1.54, 1.807) is 24.3 Å². The number of rotatable bonds is 4. The Labute approximate surface area is 115 Å². The SMILES string of the molecule is CC[C@@H](O)c1ccc(Sc2cc(F)ccc2F)cc1. The molecule has 0 amide bonds. The van der Waals surface area contributed by atoms with Crippen LogP contribution in [0.1, 0.15) is 25.0 Å². The Kier molecular flexibility index (Phi) is 4.56. The van der Waals surface area contributed by atoms with E-state index in [9.17, 15) is 13.9 Å². The van der Waals surface area contributed by atoms with Crippen LogP contribution in [0, 0.1) is 11.6 Å². The van der Waals surface area contributed by atoms with Gasteiger partial charge in [0.15, 0.2) is 0 Å². The number of hydrogen-bond donors (Lipinski definition) is 1. The zero-order valence-electron chi connectivity index (χ0n) is 10.4. The highest BCUT2D eigenvalue weighted by atomic mass is 32.2. The standard InChI is InChI=1S/C15H14F2OS/c1-2-14(18)10-3-6-12(7-4-10)19-15-9-11(16)5-8-13(15)17/h3-9,14,18H,2H2,1H3/t14-/m1/s1. The lowest BCUT2D eigenvalue weighted by Gasteiger charge is -2.09. The molecule has 0 radical (unpaired) electrons. The summed E-state index contributed by atoms with van der Waals surface area (Å²) in [5.41, 5.74) is 0.826. The molecular formula is C15H14F2OS. The van der Waals surface area contributed by atoms with E-state index in [0.29, 0.717) is 6.42 Å². The predicted molar refractivity (Wildman–Crippen MR) is 72.2 cm³/mol. The quantitative estimate of drug-likeness (QED) is 0.886. The highest BCUT2D eigenvalue weighted by molar-refractivity contribution is 7.99. The minimum absolute atomic E-state index is 0.254. The van der Waals surface area contributed by atoms with Crippen molar-refractivity contribution in [3.8, 4) is 0 Å². The van der Waals surface area contributed by atoms with Crippen LogP contribution in [0.3, 0.4) is 0 Å². The average Bonchev–Trinajstić information content (AvgIpc) is 2.43. The molecule has 2 rings (SSSR count). The van der Waals surface area contributed by atoms with Crippen molar-refractivity contribution in [2.24, 2.45) is 0 Å². The van der Waals surface area contributed by atoms with Crippen molar-refractivity contribution in [3.63, 3.8) is 0 Å². The second kappa shape index (κ2) is 6.17. The van der Waals surface area contributed by atoms with E-state index < -0.39 is 17.7 Å². The van der Waals surface area contributed by atoms with Gasteiger partial charge in [0.05, 0.1) is 11.0 Å². The molecule has 2 aromatic rings. The third-order valence-corrected chi connectivity index (χ3v) is 3.81. The van der Waals surface area contributed by atoms with E-state index >= 15 is 0 Å². The first-order valence-corrected chi connectivity index (χ1v) is 6.82. The Morgan fingerprint density at radius 3 is 2.42 bits per heavy atom. The van der Waals surface area contributed by atoms with Crippen LogP contribution in [0.15, 0.2) is 52.3 Å². The fraction of sp³-hybridized carbons (Fsp3) is 0.200. The summed E-state index contributed by atoms with van der Waals surface area (Å²) in [6, 6.07) is 10.6. The Morgan fingerprint density at radius 1 is 1.11 bits per heavy atom. The Hall–Kier alpha value is -1.39. The second-order valence-corrected chi connectivity index (χ2v) is 5.29. The van der Waals surface area contributed by atoms with E-state index in [2.05, 4.69) is 0 Å². The summed E-state index contributed by atoms with van der Waals surface area (Å²) in [6.45, 7) is 1.90. The fourth-order valence-electron chi connectivity index (χ4n) is 1.68. The second-order valence-electron chi connectivity index (χ2n) is 4.17. The van der Waals surface area contributed by atoms with Crippen molar-refractivity contribution in [1.82, 2.24) is 0 Å². The first-order chi connectivity index (χ1) is 9.10. The lowest BCUT2D eigenvalue weighted by Crippen LogP contribution is -1.94. The number of halogens is 2. The summed E-state index contributed by atoms with van der Waals surface area (Å²) in [7, 11) is 0. The van der Waals surface area contributed by atoms with Crippen LogP contribution in [0.5, 0.6) is 0 Å². The molecule has 0 saturated carbocycles. The maximum absolute atomic E-state index is 13.5. The van der Waals surface area contributed by atoms with Crippen molar-refractivity contribution < 1.29 is 13.9 Å². The molecular weight excluding hydrogens is 266 g/mol. The van der Waals surface area contributed by atoms with Gasteiger partial charge >= 0.3 is 0 Å². The van der Waals surface area contributed by atoms with E-state index in [1.165, 1.54) is 6.07 Å². The van der Waals surface area contributed by atoms with Crippen LogP contribution in [0.2, 0.25) is 0 Å². The predicted octanol–water partition coefficient (Wildman–Crippen LogP) is 4.56. The van der Waals surface area contributed by atoms with Gasteiger partial charge in [-0.15, -0.1) is 0 Å². The van der Waals surface area contributed by atoms with Gasteiger partial charge in [0.1, 0.15) is 11.6 Å². The maximum Gasteiger partial charge on any atom is 0.137 e. The Morgan fingerprint density at radius 2 is 1.79 bits per heavy atom. The molecule has 0 aliphatic carbocycles. The number of hydrogen-bond acceptors (Lipinski definition) is 2. The first kappa shape index (κ1) is 14.0. The molecule has 0 saturated heterocycles. The zero-order valence-corrected chi connectivity index (χ0v) is 11.3. The van der Waals surface area contributed by atoms with Crippen LogP contribution in [0.25, 0.3) is 0 Å². The van der Waals surface area contributed by atoms with Gasteiger partial charge < -0.3 is 5.11 Å². The summed E-state index contributed by atoms with van der Waals surface area (Å²) in [4.78, 5) is 1.06.